The zero-order chi connectivity index (χ0) is 10.0. The third kappa shape index (κ3) is 2.27. The standard InChI is InChI=1S/C13H26/c1-6-7-13-8-9(2)10(3)11(4)12(13)5/h9-13H,6-8H2,1-5H3/t9-,10+,11+,12-,13+/m0/s1. The molecule has 0 aliphatic heterocycles. The van der Waals surface area contributed by atoms with Crippen LogP contribution in [0.25, 0.3) is 0 Å². The molecule has 0 radical (unpaired) electrons. The van der Waals surface area contributed by atoms with Crippen LogP contribution in [0.1, 0.15) is 53.9 Å². The zero-order valence-corrected chi connectivity index (χ0v) is 10.0. The minimum atomic E-state index is 0.931. The predicted octanol–water partition coefficient (Wildman–Crippen LogP) is 4.35. The quantitative estimate of drug-likeness (QED) is 0.595. The van der Waals surface area contributed by atoms with Crippen LogP contribution >= 0.6 is 0 Å². The molecule has 1 aliphatic rings. The molecule has 0 N–H and O–H groups in total. The maximum Gasteiger partial charge on any atom is -0.0383 e. The Morgan fingerprint density at radius 3 is 2.08 bits per heavy atom. The molecule has 0 aromatic rings. The molecule has 1 saturated carbocycles. The van der Waals surface area contributed by atoms with E-state index in [0.29, 0.717) is 0 Å². The van der Waals surface area contributed by atoms with Crippen LogP contribution in [0.2, 0.25) is 0 Å². The van der Waals surface area contributed by atoms with Crippen molar-refractivity contribution < 1.29 is 0 Å². The second kappa shape index (κ2) is 4.48. The first-order valence-corrected chi connectivity index (χ1v) is 6.07. The van der Waals surface area contributed by atoms with E-state index in [1.165, 1.54) is 19.3 Å². The Balaban J connectivity index is 2.59. The van der Waals surface area contributed by atoms with Gasteiger partial charge in [0, 0.05) is 0 Å². The first kappa shape index (κ1) is 11.1. The molecule has 1 aliphatic carbocycles. The minimum absolute atomic E-state index is 0.931. The summed E-state index contributed by atoms with van der Waals surface area (Å²) in [5, 5.41) is 0. The molecule has 0 unspecified atom stereocenters. The summed E-state index contributed by atoms with van der Waals surface area (Å²) in [6.07, 6.45) is 4.28. The zero-order valence-electron chi connectivity index (χ0n) is 10.0. The van der Waals surface area contributed by atoms with Crippen LogP contribution in [0, 0.1) is 29.6 Å². The van der Waals surface area contributed by atoms with Crippen molar-refractivity contribution in [2.45, 2.75) is 53.9 Å². The smallest absolute Gasteiger partial charge is 0.0383 e. The van der Waals surface area contributed by atoms with Gasteiger partial charge in [-0.1, -0.05) is 47.5 Å². The molecule has 0 heteroatoms. The van der Waals surface area contributed by atoms with Crippen molar-refractivity contribution in [1.29, 1.82) is 0 Å². The lowest BCUT2D eigenvalue weighted by atomic mass is 9.63. The van der Waals surface area contributed by atoms with E-state index in [0.717, 1.165) is 29.6 Å². The Morgan fingerprint density at radius 2 is 1.54 bits per heavy atom. The van der Waals surface area contributed by atoms with Gasteiger partial charge in [0.15, 0.2) is 0 Å². The Labute approximate surface area is 84.1 Å². The summed E-state index contributed by atoms with van der Waals surface area (Å²) in [6.45, 7) is 12.1. The molecule has 78 valence electrons. The van der Waals surface area contributed by atoms with E-state index in [-0.39, 0.29) is 0 Å². The summed E-state index contributed by atoms with van der Waals surface area (Å²) in [5.41, 5.74) is 0. The highest BCUT2D eigenvalue weighted by Crippen LogP contribution is 2.43. The normalized spacial score (nSPS) is 46.4. The van der Waals surface area contributed by atoms with Gasteiger partial charge in [-0.2, -0.15) is 0 Å². The summed E-state index contributed by atoms with van der Waals surface area (Å²) in [4.78, 5) is 0. The second-order valence-corrected chi connectivity index (χ2v) is 5.34. The van der Waals surface area contributed by atoms with Gasteiger partial charge in [-0.15, -0.1) is 0 Å². The van der Waals surface area contributed by atoms with Gasteiger partial charge in [-0.3, -0.25) is 0 Å². The highest BCUT2D eigenvalue weighted by molar-refractivity contribution is 4.84. The summed E-state index contributed by atoms with van der Waals surface area (Å²) in [5.74, 6) is 4.77. The average molecular weight is 182 g/mol. The van der Waals surface area contributed by atoms with Gasteiger partial charge in [-0.05, 0) is 36.0 Å². The Hall–Kier alpha value is 0. The summed E-state index contributed by atoms with van der Waals surface area (Å²) < 4.78 is 0. The first-order valence-electron chi connectivity index (χ1n) is 6.07. The molecule has 0 bridgehead atoms. The van der Waals surface area contributed by atoms with E-state index >= 15 is 0 Å². The molecule has 1 fully saturated rings. The molecule has 5 atom stereocenters. The largest absolute Gasteiger partial charge is 0.0654 e. The molecule has 0 nitrogen and oxygen atoms in total. The molecular weight excluding hydrogens is 156 g/mol. The Kier molecular flexibility index (Phi) is 3.82. The fraction of sp³-hybridized carbons (Fsp3) is 1.00. The van der Waals surface area contributed by atoms with E-state index in [2.05, 4.69) is 34.6 Å². The lowest BCUT2D eigenvalue weighted by molar-refractivity contribution is 0.0706. The van der Waals surface area contributed by atoms with Gasteiger partial charge < -0.3 is 0 Å². The van der Waals surface area contributed by atoms with Crippen molar-refractivity contribution in [3.8, 4) is 0 Å². The molecule has 0 aromatic heterocycles. The SMILES string of the molecule is CCC[C@@H]1C[C@H](C)[C@@H](C)[C@@H](C)[C@@H]1C. The highest BCUT2D eigenvalue weighted by Gasteiger charge is 2.35. The lowest BCUT2D eigenvalue weighted by Crippen LogP contribution is -2.34. The van der Waals surface area contributed by atoms with Crippen LogP contribution in [0.3, 0.4) is 0 Å². The number of hydrogen-bond acceptors (Lipinski definition) is 0. The van der Waals surface area contributed by atoms with Crippen molar-refractivity contribution in [3.05, 3.63) is 0 Å². The maximum absolute atomic E-state index is 2.47. The topological polar surface area (TPSA) is 0 Å². The molecule has 0 spiro atoms. The Bertz CT molecular complexity index is 150. The van der Waals surface area contributed by atoms with Gasteiger partial charge >= 0.3 is 0 Å². The van der Waals surface area contributed by atoms with E-state index < -0.39 is 0 Å². The molecule has 0 amide bonds. The van der Waals surface area contributed by atoms with Gasteiger partial charge in [-0.25, -0.2) is 0 Å². The van der Waals surface area contributed by atoms with Crippen LogP contribution < -0.4 is 0 Å². The van der Waals surface area contributed by atoms with Gasteiger partial charge in [0.05, 0.1) is 0 Å². The molecule has 0 heterocycles. The minimum Gasteiger partial charge on any atom is -0.0654 e. The van der Waals surface area contributed by atoms with E-state index in [1.807, 2.05) is 0 Å². The van der Waals surface area contributed by atoms with Crippen LogP contribution in [0.5, 0.6) is 0 Å². The van der Waals surface area contributed by atoms with Crippen LogP contribution in [-0.4, -0.2) is 0 Å². The van der Waals surface area contributed by atoms with Crippen molar-refractivity contribution in [1.82, 2.24) is 0 Å². The lowest BCUT2D eigenvalue weighted by Gasteiger charge is -2.42. The average Bonchev–Trinajstić information content (AvgIpc) is 2.11. The summed E-state index contributed by atoms with van der Waals surface area (Å²) >= 11 is 0. The first-order chi connectivity index (χ1) is 6.07. The van der Waals surface area contributed by atoms with Crippen LogP contribution in [-0.2, 0) is 0 Å². The summed E-state index contributed by atoms with van der Waals surface area (Å²) in [7, 11) is 0. The Morgan fingerprint density at radius 1 is 0.923 bits per heavy atom. The molecular formula is C13H26. The third-order valence-corrected chi connectivity index (χ3v) is 4.63. The van der Waals surface area contributed by atoms with Crippen molar-refractivity contribution in [3.63, 3.8) is 0 Å². The van der Waals surface area contributed by atoms with Crippen molar-refractivity contribution in [2.24, 2.45) is 29.6 Å². The van der Waals surface area contributed by atoms with Crippen molar-refractivity contribution >= 4 is 0 Å². The monoisotopic (exact) mass is 182 g/mol. The number of rotatable bonds is 2. The molecule has 0 saturated heterocycles. The highest BCUT2D eigenvalue weighted by atomic mass is 14.4. The van der Waals surface area contributed by atoms with E-state index in [4.69, 9.17) is 0 Å². The summed E-state index contributed by atoms with van der Waals surface area (Å²) in [6, 6.07) is 0. The maximum atomic E-state index is 2.47. The van der Waals surface area contributed by atoms with Crippen molar-refractivity contribution in [2.75, 3.05) is 0 Å². The second-order valence-electron chi connectivity index (χ2n) is 5.34. The van der Waals surface area contributed by atoms with Gasteiger partial charge in [0.2, 0.25) is 0 Å². The van der Waals surface area contributed by atoms with Crippen LogP contribution in [0.4, 0.5) is 0 Å². The van der Waals surface area contributed by atoms with E-state index in [9.17, 15) is 0 Å². The fourth-order valence-corrected chi connectivity index (χ4v) is 3.08. The molecule has 13 heavy (non-hydrogen) atoms. The van der Waals surface area contributed by atoms with Gasteiger partial charge in [0.25, 0.3) is 0 Å². The molecule has 0 aromatic carbocycles. The third-order valence-electron chi connectivity index (χ3n) is 4.63. The number of hydrogen-bond donors (Lipinski definition) is 0. The predicted molar refractivity (Wildman–Crippen MR) is 59.7 cm³/mol. The molecule has 1 rings (SSSR count). The van der Waals surface area contributed by atoms with E-state index in [1.54, 1.807) is 0 Å². The fourth-order valence-electron chi connectivity index (χ4n) is 3.08. The van der Waals surface area contributed by atoms with Crippen LogP contribution in [0.15, 0.2) is 0 Å². The van der Waals surface area contributed by atoms with Gasteiger partial charge in [0.1, 0.15) is 0 Å².